The van der Waals surface area contributed by atoms with Gasteiger partial charge in [0.25, 0.3) is 11.5 Å². The summed E-state index contributed by atoms with van der Waals surface area (Å²) in [4.78, 5) is 34.1. The maximum atomic E-state index is 13.2. The van der Waals surface area contributed by atoms with Crippen LogP contribution in [0.1, 0.15) is 49.1 Å². The third-order valence-corrected chi connectivity index (χ3v) is 7.40. The van der Waals surface area contributed by atoms with E-state index in [2.05, 4.69) is 20.4 Å². The van der Waals surface area contributed by atoms with Crippen molar-refractivity contribution < 1.29 is 35.9 Å². The van der Waals surface area contributed by atoms with Crippen molar-refractivity contribution in [1.29, 1.82) is 0 Å². The average molecular weight is 546 g/mol. The maximum absolute atomic E-state index is 13.2. The minimum atomic E-state index is -4.87. The van der Waals surface area contributed by atoms with Crippen LogP contribution in [-0.4, -0.2) is 62.3 Å². The van der Waals surface area contributed by atoms with E-state index in [1.54, 1.807) is 16.9 Å². The number of amides is 1. The van der Waals surface area contributed by atoms with Crippen LogP contribution in [0.4, 0.5) is 32.0 Å². The number of fused-ring (bicyclic) bond motifs is 1. The molecule has 2 unspecified atom stereocenters. The zero-order valence-corrected chi connectivity index (χ0v) is 20.0. The number of hydrogen-bond donors (Lipinski definition) is 2. The van der Waals surface area contributed by atoms with Crippen LogP contribution in [0.3, 0.4) is 0 Å². The molecule has 1 saturated heterocycles. The van der Waals surface area contributed by atoms with E-state index < -0.39 is 46.9 Å². The Hall–Kier alpha value is -3.23. The molecule has 1 amide bonds. The minimum absolute atomic E-state index is 0.0359. The van der Waals surface area contributed by atoms with E-state index in [0.29, 0.717) is 31.6 Å². The quantitative estimate of drug-likeness (QED) is 0.513. The van der Waals surface area contributed by atoms with Gasteiger partial charge in [-0.2, -0.15) is 31.4 Å². The van der Waals surface area contributed by atoms with Crippen molar-refractivity contribution in [2.75, 3.05) is 18.5 Å². The standard InChI is InChI=1S/C23H24F6N6O3/c1-10(33-15-8-32-34-20(36)17(15)23(27,28)29)9-38-16-2-3-35(21(16)37)18-13-4-11(5-14(13)18)19-30-6-12(7-31-19)22(24,25)26/h6-8,10-11,13-14,16,18H,2-5,9H2,1H3,(H2,33,34,36)/t10-,11?,13-,14+,16+,18?/m0/s1. The third kappa shape index (κ3) is 5.07. The Labute approximate surface area is 212 Å². The molecular weight excluding hydrogens is 522 g/mol. The first-order valence-electron chi connectivity index (χ1n) is 12.1. The number of anilines is 1. The molecule has 2 saturated carbocycles. The van der Waals surface area contributed by atoms with Gasteiger partial charge in [0.05, 0.1) is 24.1 Å². The number of aromatic nitrogens is 4. The van der Waals surface area contributed by atoms with Crippen LogP contribution in [0.5, 0.6) is 0 Å². The molecule has 3 aliphatic rings. The second-order valence-electron chi connectivity index (χ2n) is 9.99. The van der Waals surface area contributed by atoms with Gasteiger partial charge < -0.3 is 15.0 Å². The minimum Gasteiger partial charge on any atom is -0.378 e. The molecule has 206 valence electrons. The average Bonchev–Trinajstić information content (AvgIpc) is 3.13. The first-order valence-corrected chi connectivity index (χ1v) is 12.1. The van der Waals surface area contributed by atoms with Gasteiger partial charge in [-0.3, -0.25) is 9.59 Å². The SMILES string of the molecule is C[C@@H](CO[C@@H]1CCN(C2[C@H]3CC(c4ncc(C(F)(F)F)cn4)C[C@@H]23)C1=O)Nc1cn[nH]c(=O)c1C(F)(F)F. The lowest BCUT2D eigenvalue weighted by molar-refractivity contribution is -0.139. The van der Waals surface area contributed by atoms with Crippen molar-refractivity contribution in [1.82, 2.24) is 25.1 Å². The van der Waals surface area contributed by atoms with Crippen molar-refractivity contribution in [3.8, 4) is 0 Å². The highest BCUT2D eigenvalue weighted by molar-refractivity contribution is 5.83. The zero-order chi connectivity index (χ0) is 27.4. The van der Waals surface area contributed by atoms with Crippen LogP contribution in [0.25, 0.3) is 0 Å². The molecule has 2 aromatic rings. The number of carbonyl (C=O) groups is 1. The molecule has 2 aromatic heterocycles. The monoisotopic (exact) mass is 546 g/mol. The molecule has 0 spiro atoms. The summed E-state index contributed by atoms with van der Waals surface area (Å²) >= 11 is 0. The molecule has 0 bridgehead atoms. The largest absolute Gasteiger partial charge is 0.423 e. The van der Waals surface area contributed by atoms with Crippen molar-refractivity contribution >= 4 is 11.6 Å². The molecule has 0 aromatic carbocycles. The molecule has 0 radical (unpaired) electrons. The number of rotatable bonds is 7. The van der Waals surface area contributed by atoms with Gasteiger partial charge >= 0.3 is 12.4 Å². The first kappa shape index (κ1) is 26.4. The van der Waals surface area contributed by atoms with Crippen LogP contribution < -0.4 is 10.9 Å². The first-order chi connectivity index (χ1) is 17.8. The fourth-order valence-electron chi connectivity index (χ4n) is 5.66. The highest BCUT2D eigenvalue weighted by atomic mass is 19.4. The van der Waals surface area contributed by atoms with Crippen LogP contribution in [0.15, 0.2) is 23.4 Å². The molecule has 6 atom stereocenters. The van der Waals surface area contributed by atoms with E-state index in [1.165, 1.54) is 0 Å². The number of carbonyl (C=O) groups excluding carboxylic acids is 1. The lowest BCUT2D eigenvalue weighted by Crippen LogP contribution is -2.36. The van der Waals surface area contributed by atoms with E-state index in [9.17, 15) is 35.9 Å². The molecule has 5 rings (SSSR count). The number of alkyl halides is 6. The predicted octanol–water partition coefficient (Wildman–Crippen LogP) is 3.21. The highest BCUT2D eigenvalue weighted by Crippen LogP contribution is 2.60. The second kappa shape index (κ2) is 9.50. The fraction of sp³-hybridized carbons (Fsp3) is 0.609. The van der Waals surface area contributed by atoms with Gasteiger partial charge in [-0.15, -0.1) is 0 Å². The summed E-state index contributed by atoms with van der Waals surface area (Å²) in [6.07, 6.45) is -5.83. The van der Waals surface area contributed by atoms with Gasteiger partial charge in [-0.05, 0) is 31.6 Å². The Morgan fingerprint density at radius 3 is 2.34 bits per heavy atom. The highest BCUT2D eigenvalue weighted by Gasteiger charge is 2.61. The van der Waals surface area contributed by atoms with Gasteiger partial charge in [0.15, 0.2) is 0 Å². The smallest absolute Gasteiger partial charge is 0.378 e. The molecule has 2 N–H and O–H groups in total. The fourth-order valence-corrected chi connectivity index (χ4v) is 5.66. The number of ether oxygens (including phenoxy) is 1. The molecule has 38 heavy (non-hydrogen) atoms. The van der Waals surface area contributed by atoms with E-state index in [-0.39, 0.29) is 36.3 Å². The topological polar surface area (TPSA) is 113 Å². The molecule has 1 aliphatic heterocycles. The van der Waals surface area contributed by atoms with Crippen LogP contribution in [-0.2, 0) is 21.9 Å². The molecule has 3 heterocycles. The third-order valence-electron chi connectivity index (χ3n) is 7.40. The number of aromatic amines is 1. The molecule has 9 nitrogen and oxygen atoms in total. The summed E-state index contributed by atoms with van der Waals surface area (Å²) in [7, 11) is 0. The summed E-state index contributed by atoms with van der Waals surface area (Å²) in [6, 6.07) is -0.611. The summed E-state index contributed by atoms with van der Waals surface area (Å²) < 4.78 is 83.6. The number of halogens is 6. The van der Waals surface area contributed by atoms with Crippen molar-refractivity contribution in [3.05, 3.63) is 45.9 Å². The second-order valence-corrected chi connectivity index (χ2v) is 9.99. The molecule has 2 aliphatic carbocycles. The zero-order valence-electron chi connectivity index (χ0n) is 20.0. The van der Waals surface area contributed by atoms with Gasteiger partial charge in [-0.25, -0.2) is 15.1 Å². The number of nitrogens with one attached hydrogen (secondary N) is 2. The maximum Gasteiger partial charge on any atom is 0.423 e. The van der Waals surface area contributed by atoms with Crippen molar-refractivity contribution in [2.24, 2.45) is 11.8 Å². The summed E-state index contributed by atoms with van der Waals surface area (Å²) in [6.45, 7) is 1.98. The Bertz CT molecular complexity index is 1240. The predicted molar refractivity (Wildman–Crippen MR) is 119 cm³/mol. The van der Waals surface area contributed by atoms with E-state index in [1.807, 2.05) is 0 Å². The van der Waals surface area contributed by atoms with Gasteiger partial charge in [0.2, 0.25) is 0 Å². The molecule has 15 heteroatoms. The summed E-state index contributed by atoms with van der Waals surface area (Å²) in [5.74, 6) is 0.579. The van der Waals surface area contributed by atoms with E-state index in [0.717, 1.165) is 18.6 Å². The number of nitrogens with zero attached hydrogens (tertiary/aromatic N) is 4. The van der Waals surface area contributed by atoms with Gasteiger partial charge in [-0.1, -0.05) is 0 Å². The Balaban J connectivity index is 1.11. The number of H-pyrrole nitrogens is 1. The van der Waals surface area contributed by atoms with E-state index in [4.69, 9.17) is 4.74 Å². The number of hydrogen-bond acceptors (Lipinski definition) is 7. The van der Waals surface area contributed by atoms with Crippen molar-refractivity contribution in [2.45, 2.75) is 62.6 Å². The summed E-state index contributed by atoms with van der Waals surface area (Å²) in [5, 5.41) is 7.75. The molecular formula is C23H24F6N6O3. The lowest BCUT2D eigenvalue weighted by atomic mass is 10.0. The normalized spacial score (nSPS) is 27.9. The van der Waals surface area contributed by atoms with E-state index >= 15 is 0 Å². The van der Waals surface area contributed by atoms with Crippen LogP contribution in [0, 0.1) is 11.8 Å². The summed E-state index contributed by atoms with van der Waals surface area (Å²) in [5.41, 5.74) is -4.12. The van der Waals surface area contributed by atoms with Crippen molar-refractivity contribution in [3.63, 3.8) is 0 Å². The number of likely N-dealkylation sites (tertiary alicyclic amines) is 1. The Kier molecular flexibility index (Phi) is 6.60. The van der Waals surface area contributed by atoms with Gasteiger partial charge in [0.1, 0.15) is 17.5 Å². The lowest BCUT2D eigenvalue weighted by Gasteiger charge is -2.22. The van der Waals surface area contributed by atoms with Crippen LogP contribution in [0.2, 0.25) is 0 Å². The Morgan fingerprint density at radius 1 is 1.08 bits per heavy atom. The van der Waals surface area contributed by atoms with Gasteiger partial charge in [0, 0.05) is 43.4 Å². The van der Waals surface area contributed by atoms with Crippen LogP contribution >= 0.6 is 0 Å². The Morgan fingerprint density at radius 2 is 1.74 bits per heavy atom. The molecule has 3 fully saturated rings.